The third-order valence-corrected chi connectivity index (χ3v) is 5.01. The van der Waals surface area contributed by atoms with Gasteiger partial charge < -0.3 is 4.74 Å². The number of rotatable bonds is 14. The minimum atomic E-state index is -0.0722. The van der Waals surface area contributed by atoms with Crippen LogP contribution in [0.4, 0.5) is 0 Å². The third-order valence-electron chi connectivity index (χ3n) is 5.01. The zero-order valence-electron chi connectivity index (χ0n) is 16.7. The molecule has 0 radical (unpaired) electrons. The second-order valence-electron chi connectivity index (χ2n) is 8.28. The lowest BCUT2D eigenvalue weighted by atomic mass is 9.91. The van der Waals surface area contributed by atoms with Crippen LogP contribution in [0.3, 0.4) is 0 Å². The first-order chi connectivity index (χ1) is 10.8. The van der Waals surface area contributed by atoms with E-state index in [1.807, 2.05) is 0 Å². The van der Waals surface area contributed by atoms with Crippen LogP contribution < -0.4 is 0 Å². The molecule has 3 atom stereocenters. The molecule has 0 fully saturated rings. The normalized spacial score (nSPS) is 15.4. The fourth-order valence-corrected chi connectivity index (χ4v) is 3.26. The average molecular weight is 327 g/mol. The van der Waals surface area contributed by atoms with Crippen molar-refractivity contribution in [3.05, 3.63) is 0 Å². The van der Waals surface area contributed by atoms with Crippen LogP contribution in [0.5, 0.6) is 0 Å². The number of hydrogen-bond donors (Lipinski definition) is 0. The van der Waals surface area contributed by atoms with E-state index in [2.05, 4.69) is 34.6 Å². The van der Waals surface area contributed by atoms with Crippen molar-refractivity contribution >= 4 is 5.97 Å². The van der Waals surface area contributed by atoms with E-state index in [1.54, 1.807) is 0 Å². The highest BCUT2D eigenvalue weighted by Crippen LogP contribution is 2.22. The highest BCUT2D eigenvalue weighted by Gasteiger charge is 2.10. The van der Waals surface area contributed by atoms with E-state index in [0.29, 0.717) is 12.3 Å². The Hall–Kier alpha value is -0.530. The summed E-state index contributed by atoms with van der Waals surface area (Å²) >= 11 is 0. The van der Waals surface area contributed by atoms with Gasteiger partial charge in [0.1, 0.15) is 0 Å². The van der Waals surface area contributed by atoms with Crippen LogP contribution in [0.1, 0.15) is 98.8 Å². The molecular formula is C21H42O2. The van der Waals surface area contributed by atoms with Gasteiger partial charge in [-0.2, -0.15) is 0 Å². The molecule has 2 nitrogen and oxygen atoms in total. The molecule has 0 aromatic heterocycles. The van der Waals surface area contributed by atoms with Crippen molar-refractivity contribution in [1.82, 2.24) is 0 Å². The number of carbonyl (C=O) groups excluding carboxylic acids is 1. The standard InChI is InChI=1S/C21H42O2/c1-17(2)10-7-11-18(3)12-8-13-19(4)14-9-15-20(5)16-21(22)23-6/h17-20H,7-16H2,1-6H3/t18-,19-,20+/m0/s1. The molecule has 0 N–H and O–H groups in total. The van der Waals surface area contributed by atoms with E-state index in [-0.39, 0.29) is 5.97 Å². The fourth-order valence-electron chi connectivity index (χ4n) is 3.26. The molecule has 0 heterocycles. The molecule has 0 aliphatic rings. The van der Waals surface area contributed by atoms with Gasteiger partial charge in [-0.05, 0) is 23.7 Å². The van der Waals surface area contributed by atoms with Gasteiger partial charge in [-0.25, -0.2) is 0 Å². The van der Waals surface area contributed by atoms with E-state index in [0.717, 1.165) is 24.2 Å². The number of esters is 1. The van der Waals surface area contributed by atoms with Crippen molar-refractivity contribution in [2.45, 2.75) is 98.8 Å². The molecule has 0 amide bonds. The van der Waals surface area contributed by atoms with Gasteiger partial charge in [0.05, 0.1) is 7.11 Å². The molecule has 0 unspecified atom stereocenters. The molecule has 0 aromatic carbocycles. The highest BCUT2D eigenvalue weighted by atomic mass is 16.5. The average Bonchev–Trinajstić information content (AvgIpc) is 2.46. The molecular weight excluding hydrogens is 284 g/mol. The quantitative estimate of drug-likeness (QED) is 0.335. The first kappa shape index (κ1) is 22.5. The zero-order valence-corrected chi connectivity index (χ0v) is 16.7. The lowest BCUT2D eigenvalue weighted by Crippen LogP contribution is -2.07. The van der Waals surface area contributed by atoms with E-state index >= 15 is 0 Å². The maximum Gasteiger partial charge on any atom is 0.305 e. The van der Waals surface area contributed by atoms with Crippen LogP contribution in [-0.4, -0.2) is 13.1 Å². The summed E-state index contributed by atoms with van der Waals surface area (Å²) in [4.78, 5) is 11.2. The van der Waals surface area contributed by atoms with Gasteiger partial charge in [-0.15, -0.1) is 0 Å². The van der Waals surface area contributed by atoms with Crippen molar-refractivity contribution in [3.63, 3.8) is 0 Å². The van der Waals surface area contributed by atoms with Crippen molar-refractivity contribution in [1.29, 1.82) is 0 Å². The summed E-state index contributed by atoms with van der Waals surface area (Å²) in [5.41, 5.74) is 0. The Bertz CT molecular complexity index is 286. The fraction of sp³-hybridized carbons (Fsp3) is 0.952. The molecule has 0 aliphatic heterocycles. The molecule has 23 heavy (non-hydrogen) atoms. The van der Waals surface area contributed by atoms with Crippen LogP contribution in [0.2, 0.25) is 0 Å². The van der Waals surface area contributed by atoms with Crippen LogP contribution in [0, 0.1) is 23.7 Å². The lowest BCUT2D eigenvalue weighted by Gasteiger charge is -2.16. The summed E-state index contributed by atoms with van der Waals surface area (Å²) < 4.78 is 4.73. The van der Waals surface area contributed by atoms with Gasteiger partial charge in [0.15, 0.2) is 0 Å². The number of carbonyl (C=O) groups is 1. The molecule has 0 saturated heterocycles. The SMILES string of the molecule is COC(=O)C[C@H](C)CCC[C@@H](C)CCC[C@@H](C)CCCC(C)C. The molecule has 0 saturated carbocycles. The van der Waals surface area contributed by atoms with Gasteiger partial charge in [-0.1, -0.05) is 92.4 Å². The van der Waals surface area contributed by atoms with Crippen LogP contribution in [0.25, 0.3) is 0 Å². The third kappa shape index (κ3) is 14.8. The molecule has 0 aromatic rings. The largest absolute Gasteiger partial charge is 0.469 e. The lowest BCUT2D eigenvalue weighted by molar-refractivity contribution is -0.141. The first-order valence-corrected chi connectivity index (χ1v) is 9.91. The van der Waals surface area contributed by atoms with Crippen LogP contribution in [-0.2, 0) is 9.53 Å². The monoisotopic (exact) mass is 326 g/mol. The number of methoxy groups -OCH3 is 1. The highest BCUT2D eigenvalue weighted by molar-refractivity contribution is 5.69. The molecule has 0 bridgehead atoms. The molecule has 0 rings (SSSR count). The van der Waals surface area contributed by atoms with Crippen molar-refractivity contribution in [2.24, 2.45) is 23.7 Å². The van der Waals surface area contributed by atoms with Crippen LogP contribution in [0.15, 0.2) is 0 Å². The van der Waals surface area contributed by atoms with Gasteiger partial charge in [0.25, 0.3) is 0 Å². The Morgan fingerprint density at radius 3 is 1.48 bits per heavy atom. The molecule has 138 valence electrons. The van der Waals surface area contributed by atoms with Crippen molar-refractivity contribution in [2.75, 3.05) is 7.11 Å². The molecule has 0 aliphatic carbocycles. The molecule has 0 spiro atoms. The Morgan fingerprint density at radius 2 is 1.09 bits per heavy atom. The van der Waals surface area contributed by atoms with E-state index in [1.165, 1.54) is 58.5 Å². The van der Waals surface area contributed by atoms with Crippen LogP contribution >= 0.6 is 0 Å². The number of hydrogen-bond acceptors (Lipinski definition) is 2. The molecule has 2 heteroatoms. The minimum Gasteiger partial charge on any atom is -0.469 e. The summed E-state index contributed by atoms with van der Waals surface area (Å²) in [5.74, 6) is 2.95. The summed E-state index contributed by atoms with van der Waals surface area (Å²) in [6, 6.07) is 0. The Labute approximate surface area is 145 Å². The Morgan fingerprint density at radius 1 is 0.696 bits per heavy atom. The van der Waals surface area contributed by atoms with Gasteiger partial charge in [0.2, 0.25) is 0 Å². The Balaban J connectivity index is 3.56. The zero-order chi connectivity index (χ0) is 17.7. The number of ether oxygens (including phenoxy) is 1. The summed E-state index contributed by atoms with van der Waals surface area (Å²) in [5, 5.41) is 0. The maximum atomic E-state index is 11.2. The summed E-state index contributed by atoms with van der Waals surface area (Å²) in [6.07, 6.45) is 12.6. The first-order valence-electron chi connectivity index (χ1n) is 9.91. The minimum absolute atomic E-state index is 0.0722. The van der Waals surface area contributed by atoms with Gasteiger partial charge in [0, 0.05) is 6.42 Å². The van der Waals surface area contributed by atoms with E-state index < -0.39 is 0 Å². The second kappa shape index (κ2) is 13.9. The second-order valence-corrected chi connectivity index (χ2v) is 8.28. The van der Waals surface area contributed by atoms with E-state index in [9.17, 15) is 4.79 Å². The van der Waals surface area contributed by atoms with Gasteiger partial charge >= 0.3 is 5.97 Å². The summed E-state index contributed by atoms with van der Waals surface area (Å²) in [6.45, 7) is 11.6. The Kier molecular flexibility index (Phi) is 13.5. The summed E-state index contributed by atoms with van der Waals surface area (Å²) in [7, 11) is 1.47. The van der Waals surface area contributed by atoms with E-state index in [4.69, 9.17) is 4.74 Å². The van der Waals surface area contributed by atoms with Crippen molar-refractivity contribution in [3.8, 4) is 0 Å². The smallest absolute Gasteiger partial charge is 0.305 e. The van der Waals surface area contributed by atoms with Gasteiger partial charge in [-0.3, -0.25) is 4.79 Å². The van der Waals surface area contributed by atoms with Crippen molar-refractivity contribution < 1.29 is 9.53 Å². The maximum absolute atomic E-state index is 11.2. The predicted octanol–water partition coefficient (Wildman–Crippen LogP) is 6.62. The topological polar surface area (TPSA) is 26.3 Å². The predicted molar refractivity (Wildman–Crippen MR) is 101 cm³/mol.